The lowest BCUT2D eigenvalue weighted by molar-refractivity contribution is 0.0217. The summed E-state index contributed by atoms with van der Waals surface area (Å²) in [6.45, 7) is 0. The third-order valence-corrected chi connectivity index (χ3v) is 4.69. The molecule has 122 valence electrons. The van der Waals surface area contributed by atoms with Crippen molar-refractivity contribution in [3.63, 3.8) is 0 Å². The van der Waals surface area contributed by atoms with Crippen LogP contribution >= 0.6 is 0 Å². The first-order valence-corrected chi connectivity index (χ1v) is 7.78. The number of aromatic hydroxyl groups is 2. The molecule has 0 aliphatic carbocycles. The number of carbonyl (C=O) groups is 1. The second-order valence-electron chi connectivity index (χ2n) is 6.05. The van der Waals surface area contributed by atoms with Gasteiger partial charge in [0, 0.05) is 17.2 Å². The van der Waals surface area contributed by atoms with Crippen molar-refractivity contribution in [3.8, 4) is 23.0 Å². The maximum atomic E-state index is 12.5. The molecule has 25 heavy (non-hydrogen) atoms. The molecule has 0 aromatic heterocycles. The molecule has 0 saturated heterocycles. The van der Waals surface area contributed by atoms with Crippen molar-refractivity contribution in [2.75, 3.05) is 0 Å². The van der Waals surface area contributed by atoms with Crippen LogP contribution in [0.1, 0.15) is 27.0 Å². The molecule has 1 atom stereocenters. The number of rotatable bonds is 0. The number of hydrogen-bond acceptors (Lipinski definition) is 5. The monoisotopic (exact) mass is 332 g/mol. The molecule has 2 N–H and O–H groups in total. The number of esters is 1. The van der Waals surface area contributed by atoms with Gasteiger partial charge in [0.05, 0.1) is 11.1 Å². The predicted molar refractivity (Wildman–Crippen MR) is 88.0 cm³/mol. The van der Waals surface area contributed by atoms with Gasteiger partial charge < -0.3 is 19.7 Å². The first-order valence-electron chi connectivity index (χ1n) is 7.78. The van der Waals surface area contributed by atoms with Crippen molar-refractivity contribution in [1.82, 2.24) is 0 Å². The highest BCUT2D eigenvalue weighted by Crippen LogP contribution is 2.58. The van der Waals surface area contributed by atoms with E-state index in [0.717, 1.165) is 0 Å². The Bertz CT molecular complexity index is 1060. The van der Waals surface area contributed by atoms with Crippen LogP contribution in [-0.2, 0) is 10.3 Å². The number of benzene rings is 3. The summed E-state index contributed by atoms with van der Waals surface area (Å²) in [4.78, 5) is 12.5. The molecule has 3 aromatic rings. The number of phenols is 2. The van der Waals surface area contributed by atoms with Crippen molar-refractivity contribution in [2.24, 2.45) is 0 Å². The second kappa shape index (κ2) is 4.54. The Balaban J connectivity index is 1.95. The van der Waals surface area contributed by atoms with E-state index in [1.807, 2.05) is 6.07 Å². The molecule has 0 amide bonds. The largest absolute Gasteiger partial charge is 0.508 e. The molecule has 5 rings (SSSR count). The van der Waals surface area contributed by atoms with Gasteiger partial charge in [0.2, 0.25) is 0 Å². The summed E-state index contributed by atoms with van der Waals surface area (Å²) < 4.78 is 11.7. The Morgan fingerprint density at radius 1 is 0.840 bits per heavy atom. The minimum absolute atomic E-state index is 0.0271. The number of fused-ring (bicyclic) bond motifs is 6. The van der Waals surface area contributed by atoms with E-state index in [1.54, 1.807) is 36.4 Å². The van der Waals surface area contributed by atoms with Crippen molar-refractivity contribution in [2.45, 2.75) is 5.60 Å². The van der Waals surface area contributed by atoms with Crippen LogP contribution in [0, 0.1) is 0 Å². The Labute approximate surface area is 142 Å². The van der Waals surface area contributed by atoms with E-state index in [-0.39, 0.29) is 11.5 Å². The topological polar surface area (TPSA) is 76.0 Å². The van der Waals surface area contributed by atoms with Gasteiger partial charge >= 0.3 is 5.97 Å². The first kappa shape index (κ1) is 13.9. The van der Waals surface area contributed by atoms with Gasteiger partial charge in [-0.05, 0) is 30.3 Å². The summed E-state index contributed by atoms with van der Waals surface area (Å²) in [6, 6.07) is 16.6. The normalized spacial score (nSPS) is 19.6. The molecule has 0 bridgehead atoms. The van der Waals surface area contributed by atoms with Gasteiger partial charge in [0.1, 0.15) is 23.0 Å². The number of ether oxygens (including phenoxy) is 2. The Kier molecular flexibility index (Phi) is 2.53. The Hall–Kier alpha value is -3.47. The van der Waals surface area contributed by atoms with Crippen LogP contribution in [0.15, 0.2) is 60.7 Å². The van der Waals surface area contributed by atoms with Crippen molar-refractivity contribution in [1.29, 1.82) is 0 Å². The molecule has 1 unspecified atom stereocenters. The van der Waals surface area contributed by atoms with Crippen LogP contribution in [0.2, 0.25) is 0 Å². The van der Waals surface area contributed by atoms with Gasteiger partial charge in [0.25, 0.3) is 0 Å². The van der Waals surface area contributed by atoms with Gasteiger partial charge in [-0.3, -0.25) is 0 Å². The van der Waals surface area contributed by atoms with E-state index in [4.69, 9.17) is 9.47 Å². The number of carbonyl (C=O) groups excluding carboxylic acids is 1. The van der Waals surface area contributed by atoms with Crippen LogP contribution in [0.5, 0.6) is 23.0 Å². The standard InChI is InChI=1S/C20H12O5/c21-11-8-9-14-17(10-11)24-16-7-3-6-15(22)18(16)20(14)13-5-2-1-4-12(13)19(23)25-20/h1-10,21-22H. The second-order valence-corrected chi connectivity index (χ2v) is 6.05. The van der Waals surface area contributed by atoms with E-state index in [9.17, 15) is 15.0 Å². The number of hydrogen-bond donors (Lipinski definition) is 2. The maximum Gasteiger partial charge on any atom is 0.340 e. The Morgan fingerprint density at radius 2 is 1.68 bits per heavy atom. The molecule has 2 heterocycles. The van der Waals surface area contributed by atoms with E-state index < -0.39 is 11.6 Å². The maximum absolute atomic E-state index is 12.5. The fourth-order valence-corrected chi connectivity index (χ4v) is 3.70. The molecule has 5 nitrogen and oxygen atoms in total. The molecule has 0 saturated carbocycles. The summed E-state index contributed by atoms with van der Waals surface area (Å²) >= 11 is 0. The summed E-state index contributed by atoms with van der Waals surface area (Å²) in [5.41, 5.74) is 0.704. The number of phenolic OH excluding ortho intramolecular Hbond substituents is 2. The fourth-order valence-electron chi connectivity index (χ4n) is 3.70. The van der Waals surface area contributed by atoms with Crippen molar-refractivity contribution >= 4 is 5.97 Å². The quantitative estimate of drug-likeness (QED) is 0.614. The molecule has 5 heteroatoms. The average Bonchev–Trinajstić information content (AvgIpc) is 2.88. The highest BCUT2D eigenvalue weighted by atomic mass is 16.6. The summed E-state index contributed by atoms with van der Waals surface area (Å²) in [7, 11) is 0. The smallest absolute Gasteiger partial charge is 0.340 e. The molecule has 2 aliphatic heterocycles. The Morgan fingerprint density at radius 3 is 2.56 bits per heavy atom. The zero-order chi connectivity index (χ0) is 17.2. The minimum Gasteiger partial charge on any atom is -0.508 e. The average molecular weight is 332 g/mol. The van der Waals surface area contributed by atoms with Crippen LogP contribution in [-0.4, -0.2) is 16.2 Å². The highest BCUT2D eigenvalue weighted by molar-refractivity contribution is 5.97. The summed E-state index contributed by atoms with van der Waals surface area (Å²) in [5.74, 6) is 0.298. The molecule has 0 radical (unpaired) electrons. The lowest BCUT2D eigenvalue weighted by Crippen LogP contribution is -2.33. The molecular weight excluding hydrogens is 320 g/mol. The van der Waals surface area contributed by atoms with Crippen molar-refractivity contribution in [3.05, 3.63) is 82.9 Å². The predicted octanol–water partition coefficient (Wildman–Crippen LogP) is 3.67. The van der Waals surface area contributed by atoms with E-state index in [2.05, 4.69) is 0 Å². The molecular formula is C20H12O5. The van der Waals surface area contributed by atoms with Gasteiger partial charge in [-0.1, -0.05) is 24.3 Å². The third-order valence-electron chi connectivity index (χ3n) is 4.69. The molecule has 3 aromatic carbocycles. The van der Waals surface area contributed by atoms with Crippen LogP contribution in [0.4, 0.5) is 0 Å². The fraction of sp³-hybridized carbons (Fsp3) is 0.0500. The molecule has 1 spiro atoms. The third kappa shape index (κ3) is 1.64. The van der Waals surface area contributed by atoms with Gasteiger partial charge in [0.15, 0.2) is 5.60 Å². The van der Waals surface area contributed by atoms with Crippen LogP contribution in [0.25, 0.3) is 0 Å². The van der Waals surface area contributed by atoms with E-state index in [1.165, 1.54) is 18.2 Å². The zero-order valence-electron chi connectivity index (χ0n) is 12.9. The van der Waals surface area contributed by atoms with Crippen LogP contribution < -0.4 is 4.74 Å². The lowest BCUT2D eigenvalue weighted by atomic mass is 9.77. The van der Waals surface area contributed by atoms with Crippen molar-refractivity contribution < 1.29 is 24.5 Å². The zero-order valence-corrected chi connectivity index (χ0v) is 12.9. The highest BCUT2D eigenvalue weighted by Gasteiger charge is 2.54. The summed E-state index contributed by atoms with van der Waals surface area (Å²) in [6.07, 6.45) is 0. The van der Waals surface area contributed by atoms with Crippen LogP contribution in [0.3, 0.4) is 0 Å². The summed E-state index contributed by atoms with van der Waals surface area (Å²) in [5, 5.41) is 20.4. The van der Waals surface area contributed by atoms with Gasteiger partial charge in [-0.25, -0.2) is 4.79 Å². The minimum atomic E-state index is -1.31. The molecule has 0 fully saturated rings. The van der Waals surface area contributed by atoms with Gasteiger partial charge in [-0.2, -0.15) is 0 Å². The van der Waals surface area contributed by atoms with Gasteiger partial charge in [-0.15, -0.1) is 0 Å². The first-order chi connectivity index (χ1) is 12.1. The van der Waals surface area contributed by atoms with E-state index >= 15 is 0 Å². The lowest BCUT2D eigenvalue weighted by Gasteiger charge is -2.36. The molecule has 2 aliphatic rings. The SMILES string of the molecule is O=C1OC2(c3ccc(O)cc3Oc3cccc(O)c32)c2ccccc21. The van der Waals surface area contributed by atoms with E-state index in [0.29, 0.717) is 33.8 Å².